The predicted octanol–water partition coefficient (Wildman–Crippen LogP) is 30.0. The summed E-state index contributed by atoms with van der Waals surface area (Å²) >= 11 is 0. The van der Waals surface area contributed by atoms with E-state index >= 15 is 0 Å². The Balaban J connectivity index is 1.19. The smallest absolute Gasteiger partial charge is 0.136 e. The minimum absolute atomic E-state index is 0.103. The van der Waals surface area contributed by atoms with E-state index in [-0.39, 0.29) is 32.5 Å². The zero-order valence-corrected chi connectivity index (χ0v) is 65.0. The van der Waals surface area contributed by atoms with Gasteiger partial charge in [-0.1, -0.05) is 337 Å². The van der Waals surface area contributed by atoms with E-state index in [1.807, 2.05) is 0 Å². The van der Waals surface area contributed by atoms with Crippen LogP contribution in [0.5, 0.6) is 0 Å². The quantitative estimate of drug-likeness (QED) is 0.115. The molecule has 14 rings (SSSR count). The Morgan fingerprint density at radius 1 is 0.200 bits per heavy atom. The molecule has 0 fully saturated rings. The molecular weight excluding hydrogens is 1270 g/mol. The third-order valence-electron chi connectivity index (χ3n) is 21.1. The van der Waals surface area contributed by atoms with Gasteiger partial charge in [0.25, 0.3) is 0 Å². The maximum absolute atomic E-state index is 6.89. The molecule has 0 spiro atoms. The topological polar surface area (TPSA) is 19.6 Å². The van der Waals surface area contributed by atoms with E-state index in [0.717, 1.165) is 123 Å². The van der Waals surface area contributed by atoms with E-state index in [4.69, 9.17) is 4.42 Å². The van der Waals surface area contributed by atoms with Crippen LogP contribution in [0, 0.1) is 0 Å². The van der Waals surface area contributed by atoms with Crippen LogP contribution in [0.1, 0.15) is 158 Å². The van der Waals surface area contributed by atoms with Crippen LogP contribution in [0.4, 0.5) is 34.1 Å². The lowest BCUT2D eigenvalue weighted by atomic mass is 9.79. The van der Waals surface area contributed by atoms with Crippen molar-refractivity contribution in [3.63, 3.8) is 0 Å². The van der Waals surface area contributed by atoms with Crippen molar-refractivity contribution in [2.45, 2.75) is 157 Å². The molecule has 3 nitrogen and oxygen atoms in total. The van der Waals surface area contributed by atoms with Crippen molar-refractivity contribution < 1.29 is 4.42 Å². The molecule has 105 heavy (non-hydrogen) atoms. The first-order valence-electron chi connectivity index (χ1n) is 37.6. The molecule has 0 N–H and O–H groups in total. The van der Waals surface area contributed by atoms with Gasteiger partial charge in [-0.25, -0.2) is 0 Å². The fourth-order valence-corrected chi connectivity index (χ4v) is 14.8. The first-order valence-corrected chi connectivity index (χ1v) is 37.6. The summed E-state index contributed by atoms with van der Waals surface area (Å²) in [5.74, 6) is 0. The van der Waals surface area contributed by atoms with E-state index < -0.39 is 0 Å². The molecule has 0 saturated carbocycles. The third-order valence-corrected chi connectivity index (χ3v) is 21.1. The molecule has 0 aliphatic rings. The van der Waals surface area contributed by atoms with Crippen molar-refractivity contribution in [1.82, 2.24) is 0 Å². The van der Waals surface area contributed by atoms with E-state index in [9.17, 15) is 0 Å². The summed E-state index contributed by atoms with van der Waals surface area (Å²) in [6.45, 7) is 42.1. The largest absolute Gasteiger partial charge is 0.456 e. The van der Waals surface area contributed by atoms with Crippen molar-refractivity contribution in [3.8, 4) is 77.9 Å². The average molecular weight is 1370 g/mol. The Hall–Kier alpha value is -10.7. The van der Waals surface area contributed by atoms with Crippen LogP contribution in [0.3, 0.4) is 0 Å². The molecule has 0 amide bonds. The monoisotopic (exact) mass is 1370 g/mol. The Morgan fingerprint density at radius 3 is 0.829 bits per heavy atom. The van der Waals surface area contributed by atoms with Gasteiger partial charge in [0.15, 0.2) is 0 Å². The van der Waals surface area contributed by atoms with E-state index in [1.165, 1.54) is 44.5 Å². The van der Waals surface area contributed by atoms with Crippen LogP contribution >= 0.6 is 0 Å². The zero-order valence-electron chi connectivity index (χ0n) is 65.0. The second-order valence-corrected chi connectivity index (χ2v) is 35.2. The maximum Gasteiger partial charge on any atom is 0.136 e. The van der Waals surface area contributed by atoms with Gasteiger partial charge >= 0.3 is 0 Å². The molecule has 0 bridgehead atoms. The SMILES string of the molecule is CC(C)(C)c1cc(-c2cccc(N(c3cc(-c4cccc5oc6ccccc6c45)cc(N(c4cccc(-c5cc(C(C)(C)C)cc(C(C)(C)C)c5)c4)c4c(-c5ccccc5)cc(C(C)(C)C)cc4-c4ccccc4)c3)c3c(-c4ccccc4)cc(C(C)(C)C)cc3-c3ccccc3)c2)cc(C(C)(C)C)c1. The summed E-state index contributed by atoms with van der Waals surface area (Å²) in [5, 5.41) is 2.13. The van der Waals surface area contributed by atoms with Gasteiger partial charge in [0, 0.05) is 55.8 Å². The molecule has 0 saturated heterocycles. The van der Waals surface area contributed by atoms with Gasteiger partial charge in [-0.2, -0.15) is 0 Å². The van der Waals surface area contributed by atoms with Crippen molar-refractivity contribution in [2.75, 3.05) is 9.80 Å². The molecule has 0 aliphatic carbocycles. The van der Waals surface area contributed by atoms with Gasteiger partial charge in [-0.3, -0.25) is 0 Å². The Labute approximate surface area is 625 Å². The van der Waals surface area contributed by atoms with E-state index in [2.05, 4.69) is 426 Å². The number of furan rings is 1. The van der Waals surface area contributed by atoms with Crippen molar-refractivity contribution in [1.29, 1.82) is 0 Å². The highest BCUT2D eigenvalue weighted by molar-refractivity contribution is 6.13. The summed E-state index contributed by atoms with van der Waals surface area (Å²) in [6.07, 6.45) is 0. The van der Waals surface area contributed by atoms with Crippen molar-refractivity contribution in [2.24, 2.45) is 0 Å². The lowest BCUT2D eigenvalue weighted by molar-refractivity contribution is 0.568. The number of rotatable bonds is 13. The third kappa shape index (κ3) is 14.6. The van der Waals surface area contributed by atoms with Crippen LogP contribution < -0.4 is 9.80 Å². The van der Waals surface area contributed by atoms with Crippen molar-refractivity contribution in [3.05, 3.63) is 325 Å². The summed E-state index contributed by atoms with van der Waals surface area (Å²) < 4.78 is 6.89. The number of nitrogens with zero attached hydrogens (tertiary/aromatic N) is 2. The molecule has 1 aromatic heterocycles. The van der Waals surface area contributed by atoms with Gasteiger partial charge in [0.1, 0.15) is 11.2 Å². The number of para-hydroxylation sites is 1. The fourth-order valence-electron chi connectivity index (χ4n) is 14.8. The molecule has 14 aromatic rings. The van der Waals surface area contributed by atoms with Crippen LogP contribution in [-0.4, -0.2) is 0 Å². The Bertz CT molecular complexity index is 5040. The van der Waals surface area contributed by atoms with Gasteiger partial charge in [-0.15, -0.1) is 0 Å². The number of hydrogen-bond donors (Lipinski definition) is 0. The molecule has 0 atom stereocenters. The Kier molecular flexibility index (Phi) is 18.6. The first kappa shape index (κ1) is 71.3. The molecule has 0 unspecified atom stereocenters. The molecule has 3 heteroatoms. The summed E-state index contributed by atoms with van der Waals surface area (Å²) in [6, 6.07) is 110. The average Bonchev–Trinajstić information content (AvgIpc) is 0.810. The number of anilines is 6. The van der Waals surface area contributed by atoms with Gasteiger partial charge < -0.3 is 14.2 Å². The van der Waals surface area contributed by atoms with Crippen LogP contribution in [-0.2, 0) is 32.5 Å². The highest BCUT2D eigenvalue weighted by Gasteiger charge is 2.33. The minimum Gasteiger partial charge on any atom is -0.456 e. The normalized spacial score (nSPS) is 12.5. The predicted molar refractivity (Wildman–Crippen MR) is 453 cm³/mol. The lowest BCUT2D eigenvalue weighted by Crippen LogP contribution is -2.18. The number of fused-ring (bicyclic) bond motifs is 3. The summed E-state index contributed by atoms with van der Waals surface area (Å²) in [7, 11) is 0. The lowest BCUT2D eigenvalue weighted by Gasteiger charge is -2.36. The van der Waals surface area contributed by atoms with Gasteiger partial charge in [0.2, 0.25) is 0 Å². The fraction of sp³-hybridized carbons (Fsp3) is 0.235. The molecule has 13 aromatic carbocycles. The highest BCUT2D eigenvalue weighted by atomic mass is 16.3. The second-order valence-electron chi connectivity index (χ2n) is 35.2. The molecule has 1 heterocycles. The minimum atomic E-state index is -0.217. The molecule has 0 radical (unpaired) electrons. The maximum atomic E-state index is 6.89. The van der Waals surface area contributed by atoms with Crippen LogP contribution in [0.25, 0.3) is 99.8 Å². The van der Waals surface area contributed by atoms with Gasteiger partial charge in [-0.05, 0) is 200 Å². The standard InChI is InChI=1S/C102H102N2O/c1-97(2,3)76-52-73(53-77(60-76)98(4,5)6)71-44-33-46-82(56-71)103(95-88(67-36-23-19-24-37-67)62-80(101(13,14)15)63-89(95)68-38-25-20-26-39-68)84-58-75(86-49-35-51-93-94(86)87-48-31-32-50-92(87)105-93)59-85(66-84)104(83-47-34-45-72(57-83)74-54-78(99(7,8)9)61-79(55-74)100(10,11)12)96-90(69-40-27-21-28-41-69)64-81(102(16,17)18)65-91(96)70-42-29-22-30-43-70/h19-66H,1-18H3. The molecule has 526 valence electrons. The first-order chi connectivity index (χ1) is 49.8. The Morgan fingerprint density at radius 2 is 0.486 bits per heavy atom. The second kappa shape index (κ2) is 27.4. The van der Waals surface area contributed by atoms with Crippen LogP contribution in [0.2, 0.25) is 0 Å². The summed E-state index contributed by atoms with van der Waals surface area (Å²) in [4.78, 5) is 5.22. The zero-order chi connectivity index (χ0) is 74.1. The number of hydrogen-bond acceptors (Lipinski definition) is 3. The molecule has 0 aliphatic heterocycles. The van der Waals surface area contributed by atoms with E-state index in [1.54, 1.807) is 0 Å². The summed E-state index contributed by atoms with van der Waals surface area (Å²) in [5.41, 5.74) is 30.4. The number of benzene rings is 13. The van der Waals surface area contributed by atoms with Crippen LogP contribution in [0.15, 0.2) is 296 Å². The highest BCUT2D eigenvalue weighted by Crippen LogP contribution is 2.55. The molecular formula is C102H102N2O. The van der Waals surface area contributed by atoms with E-state index in [0.29, 0.717) is 0 Å². The van der Waals surface area contributed by atoms with Gasteiger partial charge in [0.05, 0.1) is 11.4 Å². The van der Waals surface area contributed by atoms with Crippen molar-refractivity contribution >= 4 is 56.1 Å².